The molecule has 2 heterocycles. The summed E-state index contributed by atoms with van der Waals surface area (Å²) < 4.78 is 0. The van der Waals surface area contributed by atoms with Gasteiger partial charge in [0.25, 0.3) is 0 Å². The molecule has 2 aliphatic rings. The van der Waals surface area contributed by atoms with Crippen molar-refractivity contribution in [3.8, 4) is 0 Å². The second kappa shape index (κ2) is 4.19. The second-order valence-electron chi connectivity index (χ2n) is 5.40. The molecular formula is C12H24N2. The molecule has 0 aliphatic carbocycles. The number of likely N-dealkylation sites (tertiary alicyclic amines) is 1. The van der Waals surface area contributed by atoms with Crippen molar-refractivity contribution in [2.24, 2.45) is 5.41 Å². The Morgan fingerprint density at radius 3 is 2.43 bits per heavy atom. The van der Waals surface area contributed by atoms with Crippen LogP contribution in [0.2, 0.25) is 0 Å². The van der Waals surface area contributed by atoms with Crippen LogP contribution in [0.25, 0.3) is 0 Å². The molecule has 1 N–H and O–H groups in total. The van der Waals surface area contributed by atoms with Gasteiger partial charge in [-0.3, -0.25) is 0 Å². The lowest BCUT2D eigenvalue weighted by Crippen LogP contribution is -2.52. The van der Waals surface area contributed by atoms with E-state index in [0.29, 0.717) is 5.41 Å². The number of piperidine rings is 1. The number of nitrogens with zero attached hydrogens (tertiary/aromatic N) is 1. The monoisotopic (exact) mass is 196 g/mol. The highest BCUT2D eigenvalue weighted by Gasteiger charge is 2.29. The van der Waals surface area contributed by atoms with Gasteiger partial charge in [0.1, 0.15) is 0 Å². The summed E-state index contributed by atoms with van der Waals surface area (Å²) in [7, 11) is 0. The first-order chi connectivity index (χ1) is 6.72. The fourth-order valence-electron chi connectivity index (χ4n) is 2.44. The van der Waals surface area contributed by atoms with Gasteiger partial charge < -0.3 is 10.2 Å². The summed E-state index contributed by atoms with van der Waals surface area (Å²) >= 11 is 0. The first kappa shape index (κ1) is 10.4. The van der Waals surface area contributed by atoms with Crippen LogP contribution in [0.5, 0.6) is 0 Å². The molecule has 2 aliphatic heterocycles. The normalized spacial score (nSPS) is 32.6. The van der Waals surface area contributed by atoms with Crippen molar-refractivity contribution in [1.82, 2.24) is 10.2 Å². The molecule has 2 heteroatoms. The highest BCUT2D eigenvalue weighted by Crippen LogP contribution is 2.33. The largest absolute Gasteiger partial charge is 0.313 e. The third kappa shape index (κ3) is 2.29. The van der Waals surface area contributed by atoms with Gasteiger partial charge in [-0.05, 0) is 44.3 Å². The third-order valence-electron chi connectivity index (χ3n) is 4.32. The van der Waals surface area contributed by atoms with Crippen LogP contribution in [-0.2, 0) is 0 Å². The fraction of sp³-hybridized carbons (Fsp3) is 1.00. The average Bonchev–Trinajstić information content (AvgIpc) is 2.14. The second-order valence-corrected chi connectivity index (χ2v) is 5.40. The first-order valence-corrected chi connectivity index (χ1v) is 6.18. The smallest absolute Gasteiger partial charge is 0.0207 e. The molecule has 14 heavy (non-hydrogen) atoms. The molecule has 1 unspecified atom stereocenters. The van der Waals surface area contributed by atoms with Crippen LogP contribution >= 0.6 is 0 Å². The van der Waals surface area contributed by atoms with Crippen molar-refractivity contribution in [2.75, 3.05) is 26.2 Å². The Hall–Kier alpha value is -0.0800. The van der Waals surface area contributed by atoms with Crippen molar-refractivity contribution in [1.29, 1.82) is 0 Å². The molecule has 1 atom stereocenters. The Labute approximate surface area is 88.1 Å². The Kier molecular flexibility index (Phi) is 3.13. The molecule has 82 valence electrons. The molecule has 2 rings (SSSR count). The Bertz CT molecular complexity index is 179. The summed E-state index contributed by atoms with van der Waals surface area (Å²) in [5.41, 5.74) is 0.642. The van der Waals surface area contributed by atoms with Gasteiger partial charge in [0.15, 0.2) is 0 Å². The van der Waals surface area contributed by atoms with Gasteiger partial charge >= 0.3 is 0 Å². The minimum atomic E-state index is 0.642. The van der Waals surface area contributed by atoms with E-state index in [1.54, 1.807) is 0 Å². The SMILES string of the molecule is CCC1(C)CCN(CC2CCN2)CC1. The van der Waals surface area contributed by atoms with Crippen LogP contribution in [0.3, 0.4) is 0 Å². The topological polar surface area (TPSA) is 15.3 Å². The quantitative estimate of drug-likeness (QED) is 0.741. The predicted molar refractivity (Wildman–Crippen MR) is 60.5 cm³/mol. The van der Waals surface area contributed by atoms with E-state index in [1.165, 1.54) is 51.9 Å². The lowest BCUT2D eigenvalue weighted by molar-refractivity contribution is 0.0977. The molecule has 0 spiro atoms. The summed E-state index contributed by atoms with van der Waals surface area (Å²) in [6, 6.07) is 0.806. The van der Waals surface area contributed by atoms with Gasteiger partial charge in [0, 0.05) is 12.6 Å². The molecule has 2 fully saturated rings. The third-order valence-corrected chi connectivity index (χ3v) is 4.32. The summed E-state index contributed by atoms with van der Waals surface area (Å²) in [5.74, 6) is 0. The molecule has 0 amide bonds. The lowest BCUT2D eigenvalue weighted by atomic mass is 9.78. The van der Waals surface area contributed by atoms with E-state index in [0.717, 1.165) is 6.04 Å². The van der Waals surface area contributed by atoms with Crippen LogP contribution in [0.4, 0.5) is 0 Å². The predicted octanol–water partition coefficient (Wildman–Crippen LogP) is 1.86. The lowest BCUT2D eigenvalue weighted by Gasteiger charge is -2.41. The van der Waals surface area contributed by atoms with Crippen LogP contribution in [0.1, 0.15) is 39.5 Å². The van der Waals surface area contributed by atoms with Crippen molar-refractivity contribution >= 4 is 0 Å². The van der Waals surface area contributed by atoms with E-state index in [9.17, 15) is 0 Å². The van der Waals surface area contributed by atoms with Crippen molar-refractivity contribution in [3.05, 3.63) is 0 Å². The van der Waals surface area contributed by atoms with Gasteiger partial charge in [0.05, 0.1) is 0 Å². The Morgan fingerprint density at radius 2 is 2.00 bits per heavy atom. The van der Waals surface area contributed by atoms with Crippen molar-refractivity contribution in [2.45, 2.75) is 45.6 Å². The van der Waals surface area contributed by atoms with Crippen LogP contribution < -0.4 is 5.32 Å². The highest BCUT2D eigenvalue weighted by molar-refractivity contribution is 4.86. The van der Waals surface area contributed by atoms with Gasteiger partial charge in [-0.1, -0.05) is 20.3 Å². The molecule has 0 saturated carbocycles. The zero-order chi connectivity index (χ0) is 10.0. The first-order valence-electron chi connectivity index (χ1n) is 6.18. The summed E-state index contributed by atoms with van der Waals surface area (Å²) in [6.07, 6.45) is 5.54. The molecule has 0 radical (unpaired) electrons. The van der Waals surface area contributed by atoms with Gasteiger partial charge in [-0.2, -0.15) is 0 Å². The van der Waals surface area contributed by atoms with Crippen LogP contribution in [0, 0.1) is 5.41 Å². The van der Waals surface area contributed by atoms with E-state index in [-0.39, 0.29) is 0 Å². The minimum Gasteiger partial charge on any atom is -0.313 e. The van der Waals surface area contributed by atoms with E-state index in [4.69, 9.17) is 0 Å². The zero-order valence-electron chi connectivity index (χ0n) is 9.68. The molecule has 0 bridgehead atoms. The van der Waals surface area contributed by atoms with Gasteiger partial charge in [0.2, 0.25) is 0 Å². The van der Waals surface area contributed by atoms with E-state index >= 15 is 0 Å². The molecule has 0 aromatic rings. The van der Waals surface area contributed by atoms with E-state index in [1.807, 2.05) is 0 Å². The number of nitrogens with one attached hydrogen (secondary N) is 1. The van der Waals surface area contributed by atoms with Gasteiger partial charge in [-0.15, -0.1) is 0 Å². The summed E-state index contributed by atoms with van der Waals surface area (Å²) in [5, 5.41) is 3.49. The standard InChI is InChI=1S/C12H24N2/c1-3-12(2)5-8-14(9-6-12)10-11-4-7-13-11/h11,13H,3-10H2,1-2H3. The average molecular weight is 196 g/mol. The van der Waals surface area contributed by atoms with E-state index in [2.05, 4.69) is 24.1 Å². The summed E-state index contributed by atoms with van der Waals surface area (Å²) in [6.45, 7) is 9.96. The number of hydrogen-bond acceptors (Lipinski definition) is 2. The molecule has 0 aromatic carbocycles. The molecule has 0 aromatic heterocycles. The van der Waals surface area contributed by atoms with Gasteiger partial charge in [-0.25, -0.2) is 0 Å². The zero-order valence-corrected chi connectivity index (χ0v) is 9.68. The van der Waals surface area contributed by atoms with Crippen LogP contribution in [-0.4, -0.2) is 37.1 Å². The fourth-order valence-corrected chi connectivity index (χ4v) is 2.44. The van der Waals surface area contributed by atoms with E-state index < -0.39 is 0 Å². The molecular weight excluding hydrogens is 172 g/mol. The van der Waals surface area contributed by atoms with Crippen LogP contribution in [0.15, 0.2) is 0 Å². The van der Waals surface area contributed by atoms with Crippen molar-refractivity contribution in [3.63, 3.8) is 0 Å². The maximum Gasteiger partial charge on any atom is 0.0207 e. The molecule has 2 nitrogen and oxygen atoms in total. The Morgan fingerprint density at radius 1 is 1.36 bits per heavy atom. The molecule has 2 saturated heterocycles. The maximum atomic E-state index is 3.49. The summed E-state index contributed by atoms with van der Waals surface area (Å²) in [4.78, 5) is 2.65. The Balaban J connectivity index is 1.72. The number of rotatable bonds is 3. The van der Waals surface area contributed by atoms with Crippen molar-refractivity contribution < 1.29 is 0 Å². The highest BCUT2D eigenvalue weighted by atomic mass is 15.2. The maximum absolute atomic E-state index is 3.49. The minimum absolute atomic E-state index is 0.642. The number of hydrogen-bond donors (Lipinski definition) is 1.